The van der Waals surface area contributed by atoms with Crippen molar-refractivity contribution in [3.63, 3.8) is 0 Å². The lowest BCUT2D eigenvalue weighted by Gasteiger charge is -1.98. The van der Waals surface area contributed by atoms with Gasteiger partial charge in [0.15, 0.2) is 5.82 Å². The first-order chi connectivity index (χ1) is 9.31. The molecule has 0 fully saturated rings. The molecule has 0 aliphatic carbocycles. The summed E-state index contributed by atoms with van der Waals surface area (Å²) in [6.07, 6.45) is 1.59. The third-order valence-corrected chi connectivity index (χ3v) is 3.70. The van der Waals surface area contributed by atoms with Gasteiger partial charge in [0, 0.05) is 6.42 Å². The average molecular weight is 273 g/mol. The number of halogens is 1. The molecule has 2 heterocycles. The van der Waals surface area contributed by atoms with E-state index in [9.17, 15) is 4.39 Å². The summed E-state index contributed by atoms with van der Waals surface area (Å²) in [7, 11) is 0. The molecular formula is C14H12FN3S. The van der Waals surface area contributed by atoms with Gasteiger partial charge in [-0.15, -0.1) is 11.3 Å². The first-order valence-corrected chi connectivity index (χ1v) is 6.89. The Morgan fingerprint density at radius 1 is 1.11 bits per heavy atom. The molecule has 0 aliphatic heterocycles. The van der Waals surface area contributed by atoms with Crippen molar-refractivity contribution < 1.29 is 4.39 Å². The Labute approximate surface area is 114 Å². The smallest absolute Gasteiger partial charge is 0.191 e. The van der Waals surface area contributed by atoms with Crippen LogP contribution in [0.1, 0.15) is 11.4 Å². The van der Waals surface area contributed by atoms with Gasteiger partial charge in [-0.2, -0.15) is 5.10 Å². The number of nitrogens with one attached hydrogen (secondary N) is 1. The van der Waals surface area contributed by atoms with Gasteiger partial charge in [0.05, 0.1) is 4.88 Å². The zero-order chi connectivity index (χ0) is 13.1. The lowest BCUT2D eigenvalue weighted by molar-refractivity contribution is 0.627. The molecule has 0 unspecified atom stereocenters. The maximum absolute atomic E-state index is 12.8. The summed E-state index contributed by atoms with van der Waals surface area (Å²) >= 11 is 1.62. The predicted molar refractivity (Wildman–Crippen MR) is 73.5 cm³/mol. The lowest BCUT2D eigenvalue weighted by atomic mass is 10.1. The molecule has 3 rings (SSSR count). The third kappa shape index (κ3) is 2.88. The van der Waals surface area contributed by atoms with Crippen molar-refractivity contribution in [3.05, 3.63) is 59.0 Å². The maximum atomic E-state index is 12.8. The molecule has 0 saturated heterocycles. The Bertz CT molecular complexity index is 644. The van der Waals surface area contributed by atoms with Crippen LogP contribution < -0.4 is 0 Å². The highest BCUT2D eigenvalue weighted by Gasteiger charge is 2.06. The van der Waals surface area contributed by atoms with E-state index in [0.717, 1.165) is 34.9 Å². The number of nitrogens with zero attached hydrogens (tertiary/aromatic N) is 2. The molecule has 0 atom stereocenters. The summed E-state index contributed by atoms with van der Waals surface area (Å²) in [5.41, 5.74) is 1.09. The summed E-state index contributed by atoms with van der Waals surface area (Å²) in [4.78, 5) is 5.51. The number of benzene rings is 1. The van der Waals surface area contributed by atoms with E-state index < -0.39 is 0 Å². The van der Waals surface area contributed by atoms with E-state index in [1.165, 1.54) is 12.1 Å². The van der Waals surface area contributed by atoms with Crippen molar-refractivity contribution >= 4 is 11.3 Å². The maximum Gasteiger partial charge on any atom is 0.191 e. The van der Waals surface area contributed by atoms with Crippen molar-refractivity contribution in [2.24, 2.45) is 0 Å². The molecule has 0 saturated carbocycles. The van der Waals surface area contributed by atoms with E-state index in [1.807, 2.05) is 17.5 Å². The molecule has 1 N–H and O–H groups in total. The zero-order valence-electron chi connectivity index (χ0n) is 10.1. The molecule has 0 bridgehead atoms. The molecule has 0 spiro atoms. The fourth-order valence-electron chi connectivity index (χ4n) is 1.84. The van der Waals surface area contributed by atoms with Crippen LogP contribution in [0, 0.1) is 5.82 Å². The van der Waals surface area contributed by atoms with Gasteiger partial charge in [-0.3, -0.25) is 5.10 Å². The Balaban J connectivity index is 1.66. The average Bonchev–Trinajstić information content (AvgIpc) is 3.09. The van der Waals surface area contributed by atoms with Gasteiger partial charge < -0.3 is 0 Å². The molecule has 5 heteroatoms. The van der Waals surface area contributed by atoms with Crippen LogP contribution in [0.15, 0.2) is 41.8 Å². The van der Waals surface area contributed by atoms with Gasteiger partial charge in [-0.25, -0.2) is 9.37 Å². The second-order valence-electron chi connectivity index (χ2n) is 4.21. The van der Waals surface area contributed by atoms with E-state index in [4.69, 9.17) is 0 Å². The van der Waals surface area contributed by atoms with Gasteiger partial charge >= 0.3 is 0 Å². The predicted octanol–water partition coefficient (Wildman–Crippen LogP) is 3.46. The van der Waals surface area contributed by atoms with Crippen molar-refractivity contribution in [1.82, 2.24) is 15.2 Å². The monoisotopic (exact) mass is 273 g/mol. The number of thiophene rings is 1. The van der Waals surface area contributed by atoms with Crippen molar-refractivity contribution in [3.8, 4) is 10.7 Å². The topological polar surface area (TPSA) is 41.6 Å². The van der Waals surface area contributed by atoms with Gasteiger partial charge in [0.1, 0.15) is 11.6 Å². The van der Waals surface area contributed by atoms with E-state index in [0.29, 0.717) is 0 Å². The van der Waals surface area contributed by atoms with Gasteiger partial charge in [0.2, 0.25) is 0 Å². The Morgan fingerprint density at radius 3 is 2.68 bits per heavy atom. The number of H-pyrrole nitrogens is 1. The first-order valence-electron chi connectivity index (χ1n) is 6.01. The minimum atomic E-state index is -0.205. The van der Waals surface area contributed by atoms with Crippen molar-refractivity contribution in [2.45, 2.75) is 12.8 Å². The normalized spacial score (nSPS) is 10.8. The summed E-state index contributed by atoms with van der Waals surface area (Å²) in [6, 6.07) is 10.5. The summed E-state index contributed by atoms with van der Waals surface area (Å²) in [5.74, 6) is 1.39. The molecule has 96 valence electrons. The van der Waals surface area contributed by atoms with Crippen LogP contribution in [0.5, 0.6) is 0 Å². The molecule has 2 aromatic heterocycles. The molecule has 3 aromatic rings. The highest BCUT2D eigenvalue weighted by atomic mass is 32.1. The van der Waals surface area contributed by atoms with Crippen LogP contribution >= 0.6 is 11.3 Å². The number of hydrogen-bond donors (Lipinski definition) is 1. The Morgan fingerprint density at radius 2 is 1.95 bits per heavy atom. The fourth-order valence-corrected chi connectivity index (χ4v) is 2.49. The molecule has 0 radical (unpaired) electrons. The lowest BCUT2D eigenvalue weighted by Crippen LogP contribution is -1.93. The van der Waals surface area contributed by atoms with E-state index in [-0.39, 0.29) is 5.82 Å². The number of aromatic nitrogens is 3. The minimum absolute atomic E-state index is 0.205. The molecule has 0 amide bonds. The summed E-state index contributed by atoms with van der Waals surface area (Å²) in [6.45, 7) is 0. The van der Waals surface area contributed by atoms with Crippen molar-refractivity contribution in [1.29, 1.82) is 0 Å². The molecule has 0 aliphatic rings. The third-order valence-electron chi connectivity index (χ3n) is 2.84. The quantitative estimate of drug-likeness (QED) is 0.791. The number of aromatic amines is 1. The van der Waals surface area contributed by atoms with Crippen LogP contribution in [0.2, 0.25) is 0 Å². The fraction of sp³-hybridized carbons (Fsp3) is 0.143. The Kier molecular flexibility index (Phi) is 3.37. The zero-order valence-corrected chi connectivity index (χ0v) is 11.0. The summed E-state index contributed by atoms with van der Waals surface area (Å²) in [5, 5.41) is 9.15. The van der Waals surface area contributed by atoms with Crippen molar-refractivity contribution in [2.75, 3.05) is 0 Å². The standard InChI is InChI=1S/C14H12FN3S/c15-11-6-3-10(4-7-11)5-8-13-16-14(18-17-13)12-2-1-9-19-12/h1-4,6-7,9H,5,8H2,(H,16,17,18). The van der Waals surface area contributed by atoms with Gasteiger partial charge in [0.25, 0.3) is 0 Å². The Hall–Kier alpha value is -2.01. The first kappa shape index (κ1) is 12.0. The van der Waals surface area contributed by atoms with Crippen LogP contribution in [-0.2, 0) is 12.8 Å². The summed E-state index contributed by atoms with van der Waals surface area (Å²) < 4.78 is 12.8. The number of rotatable bonds is 4. The van der Waals surface area contributed by atoms with E-state index >= 15 is 0 Å². The van der Waals surface area contributed by atoms with Gasteiger partial charge in [-0.05, 0) is 35.6 Å². The second-order valence-corrected chi connectivity index (χ2v) is 5.16. The van der Waals surface area contributed by atoms with Crippen LogP contribution in [-0.4, -0.2) is 15.2 Å². The molecule has 19 heavy (non-hydrogen) atoms. The number of aryl methyl sites for hydroxylation is 2. The largest absolute Gasteiger partial charge is 0.263 e. The van der Waals surface area contributed by atoms with Crippen LogP contribution in [0.25, 0.3) is 10.7 Å². The molecule has 1 aromatic carbocycles. The van der Waals surface area contributed by atoms with E-state index in [1.54, 1.807) is 23.5 Å². The van der Waals surface area contributed by atoms with Gasteiger partial charge in [-0.1, -0.05) is 18.2 Å². The highest BCUT2D eigenvalue weighted by Crippen LogP contribution is 2.20. The van der Waals surface area contributed by atoms with Crippen LogP contribution in [0.3, 0.4) is 0 Å². The highest BCUT2D eigenvalue weighted by molar-refractivity contribution is 7.13. The number of hydrogen-bond acceptors (Lipinski definition) is 3. The van der Waals surface area contributed by atoms with E-state index in [2.05, 4.69) is 15.2 Å². The molecular weight excluding hydrogens is 261 g/mol. The minimum Gasteiger partial charge on any atom is -0.263 e. The molecule has 3 nitrogen and oxygen atoms in total. The SMILES string of the molecule is Fc1ccc(CCc2nc(-c3cccs3)n[nH]2)cc1. The van der Waals surface area contributed by atoms with Crippen LogP contribution in [0.4, 0.5) is 4.39 Å². The second kappa shape index (κ2) is 5.32.